The Bertz CT molecular complexity index is 751. The Kier molecular flexibility index (Phi) is 5.49. The van der Waals surface area contributed by atoms with E-state index in [2.05, 4.69) is 16.8 Å². The van der Waals surface area contributed by atoms with Gasteiger partial charge in [-0.3, -0.25) is 0 Å². The van der Waals surface area contributed by atoms with Gasteiger partial charge in [-0.05, 0) is 30.9 Å². The van der Waals surface area contributed by atoms with E-state index in [4.69, 9.17) is 28.2 Å². The van der Waals surface area contributed by atoms with Crippen LogP contribution < -0.4 is 4.90 Å². The van der Waals surface area contributed by atoms with Crippen LogP contribution in [0.15, 0.2) is 18.2 Å². The maximum absolute atomic E-state index is 14.6. The molecule has 2 aromatic rings. The SMILES string of the molecule is CC1CCN(c2nc(C(C)C)nc(Cl)c2-c2c(F)cccc2Cl)CC1. The predicted molar refractivity (Wildman–Crippen MR) is 102 cm³/mol. The van der Waals surface area contributed by atoms with E-state index in [9.17, 15) is 4.39 Å². The van der Waals surface area contributed by atoms with Crippen LogP contribution in [-0.4, -0.2) is 23.1 Å². The van der Waals surface area contributed by atoms with Gasteiger partial charge >= 0.3 is 0 Å². The first-order valence-electron chi connectivity index (χ1n) is 8.65. The van der Waals surface area contributed by atoms with Crippen LogP contribution in [0.25, 0.3) is 11.1 Å². The molecule has 2 heterocycles. The number of aromatic nitrogens is 2. The van der Waals surface area contributed by atoms with Crippen LogP contribution in [0.5, 0.6) is 0 Å². The fourth-order valence-electron chi connectivity index (χ4n) is 3.10. The molecule has 1 aliphatic heterocycles. The Labute approximate surface area is 158 Å². The van der Waals surface area contributed by atoms with E-state index >= 15 is 0 Å². The van der Waals surface area contributed by atoms with Gasteiger partial charge in [0.25, 0.3) is 0 Å². The molecule has 1 saturated heterocycles. The van der Waals surface area contributed by atoms with Crippen molar-refractivity contribution in [3.05, 3.63) is 40.0 Å². The molecule has 25 heavy (non-hydrogen) atoms. The van der Waals surface area contributed by atoms with Gasteiger partial charge in [-0.1, -0.05) is 50.0 Å². The minimum Gasteiger partial charge on any atom is -0.356 e. The average molecular weight is 382 g/mol. The van der Waals surface area contributed by atoms with Gasteiger partial charge in [0.05, 0.1) is 10.6 Å². The highest BCUT2D eigenvalue weighted by Gasteiger charge is 2.26. The van der Waals surface area contributed by atoms with Crippen LogP contribution in [0.2, 0.25) is 10.2 Å². The van der Waals surface area contributed by atoms with Crippen molar-refractivity contribution < 1.29 is 4.39 Å². The van der Waals surface area contributed by atoms with Gasteiger partial charge in [0.1, 0.15) is 22.6 Å². The molecule has 1 aliphatic rings. The van der Waals surface area contributed by atoms with Crippen molar-refractivity contribution in [1.82, 2.24) is 9.97 Å². The monoisotopic (exact) mass is 381 g/mol. The first-order valence-corrected chi connectivity index (χ1v) is 9.40. The summed E-state index contributed by atoms with van der Waals surface area (Å²) in [6.45, 7) is 8.02. The second-order valence-corrected chi connectivity index (χ2v) is 7.76. The maximum atomic E-state index is 14.6. The van der Waals surface area contributed by atoms with E-state index < -0.39 is 5.82 Å². The highest BCUT2D eigenvalue weighted by molar-refractivity contribution is 6.36. The van der Waals surface area contributed by atoms with Crippen LogP contribution in [0.3, 0.4) is 0 Å². The number of halogens is 3. The van der Waals surface area contributed by atoms with Crippen LogP contribution in [0.4, 0.5) is 10.2 Å². The van der Waals surface area contributed by atoms with Crippen molar-refractivity contribution in [1.29, 1.82) is 0 Å². The molecule has 1 aromatic carbocycles. The fourth-order valence-corrected chi connectivity index (χ4v) is 3.62. The second-order valence-electron chi connectivity index (χ2n) is 6.99. The predicted octanol–water partition coefficient (Wildman–Crippen LogP) is 5.95. The third-order valence-electron chi connectivity index (χ3n) is 4.68. The zero-order valence-corrected chi connectivity index (χ0v) is 16.2. The molecular formula is C19H22Cl2FN3. The zero-order valence-electron chi connectivity index (χ0n) is 14.7. The van der Waals surface area contributed by atoms with E-state index in [1.54, 1.807) is 12.1 Å². The highest BCUT2D eigenvalue weighted by atomic mass is 35.5. The molecule has 0 aliphatic carbocycles. The molecule has 0 radical (unpaired) electrons. The quantitative estimate of drug-likeness (QED) is 0.615. The van der Waals surface area contributed by atoms with Crippen LogP contribution in [0.1, 0.15) is 45.4 Å². The molecule has 1 aromatic heterocycles. The largest absolute Gasteiger partial charge is 0.356 e. The third-order valence-corrected chi connectivity index (χ3v) is 5.26. The Hall–Kier alpha value is -1.39. The number of benzene rings is 1. The van der Waals surface area contributed by atoms with E-state index in [0.717, 1.165) is 25.9 Å². The summed E-state index contributed by atoms with van der Waals surface area (Å²) in [5.41, 5.74) is 0.766. The minimum absolute atomic E-state index is 0.130. The van der Waals surface area contributed by atoms with Crippen molar-refractivity contribution in [2.24, 2.45) is 5.92 Å². The Morgan fingerprint density at radius 2 is 1.80 bits per heavy atom. The summed E-state index contributed by atoms with van der Waals surface area (Å²) in [7, 11) is 0. The van der Waals surface area contributed by atoms with E-state index in [0.29, 0.717) is 28.1 Å². The number of nitrogens with zero attached hydrogens (tertiary/aromatic N) is 3. The molecule has 6 heteroatoms. The van der Waals surface area contributed by atoms with Crippen molar-refractivity contribution in [2.75, 3.05) is 18.0 Å². The summed E-state index contributed by atoms with van der Waals surface area (Å²) < 4.78 is 14.6. The lowest BCUT2D eigenvalue weighted by Crippen LogP contribution is -2.34. The first-order chi connectivity index (χ1) is 11.9. The van der Waals surface area contributed by atoms with Gasteiger partial charge in [-0.25, -0.2) is 14.4 Å². The normalized spacial score (nSPS) is 15.9. The lowest BCUT2D eigenvalue weighted by molar-refractivity contribution is 0.436. The minimum atomic E-state index is -0.415. The molecule has 0 atom stereocenters. The molecule has 0 spiro atoms. The van der Waals surface area contributed by atoms with Gasteiger partial charge in [0.2, 0.25) is 0 Å². The van der Waals surface area contributed by atoms with Crippen molar-refractivity contribution in [2.45, 2.75) is 39.5 Å². The standard InChI is InChI=1S/C19H22Cl2FN3/c1-11(2)18-23-17(21)16(15-13(20)5-4-6-14(15)22)19(24-18)25-9-7-12(3)8-10-25/h4-6,11-12H,7-10H2,1-3H3. The average Bonchev–Trinajstić information content (AvgIpc) is 2.56. The topological polar surface area (TPSA) is 29.0 Å². The summed E-state index contributed by atoms with van der Waals surface area (Å²) in [6, 6.07) is 4.63. The second kappa shape index (κ2) is 7.46. The van der Waals surface area contributed by atoms with Crippen LogP contribution >= 0.6 is 23.2 Å². The zero-order chi connectivity index (χ0) is 18.1. The summed E-state index contributed by atoms with van der Waals surface area (Å²) in [5, 5.41) is 0.564. The van der Waals surface area contributed by atoms with Crippen molar-refractivity contribution in [3.8, 4) is 11.1 Å². The lowest BCUT2D eigenvalue weighted by atomic mass is 9.98. The van der Waals surface area contributed by atoms with Gasteiger partial charge in [-0.15, -0.1) is 0 Å². The number of rotatable bonds is 3. The fraction of sp³-hybridized carbons (Fsp3) is 0.474. The van der Waals surface area contributed by atoms with Gasteiger partial charge in [0.15, 0.2) is 0 Å². The van der Waals surface area contributed by atoms with Gasteiger partial charge in [0, 0.05) is 24.6 Å². The molecule has 134 valence electrons. The Balaban J connectivity index is 2.20. The number of hydrogen-bond donors (Lipinski definition) is 0. The molecule has 0 bridgehead atoms. The Morgan fingerprint density at radius 3 is 2.40 bits per heavy atom. The third kappa shape index (κ3) is 3.75. The number of hydrogen-bond acceptors (Lipinski definition) is 3. The van der Waals surface area contributed by atoms with E-state index in [-0.39, 0.29) is 16.6 Å². The molecule has 0 unspecified atom stereocenters. The molecule has 0 saturated carbocycles. The van der Waals surface area contributed by atoms with Crippen LogP contribution in [-0.2, 0) is 0 Å². The lowest BCUT2D eigenvalue weighted by Gasteiger charge is -2.33. The molecule has 3 nitrogen and oxygen atoms in total. The first kappa shape index (κ1) is 18.4. The smallest absolute Gasteiger partial charge is 0.142 e. The molecule has 0 amide bonds. The summed E-state index contributed by atoms with van der Waals surface area (Å²) in [6.07, 6.45) is 2.14. The van der Waals surface area contributed by atoms with Gasteiger partial charge in [-0.2, -0.15) is 0 Å². The molecular weight excluding hydrogens is 360 g/mol. The Morgan fingerprint density at radius 1 is 1.12 bits per heavy atom. The summed E-state index contributed by atoms with van der Waals surface area (Å²) >= 11 is 12.8. The number of anilines is 1. The van der Waals surface area contributed by atoms with Crippen molar-refractivity contribution >= 4 is 29.0 Å². The summed E-state index contributed by atoms with van der Waals surface area (Å²) in [4.78, 5) is 11.3. The molecule has 1 fully saturated rings. The number of piperidine rings is 1. The maximum Gasteiger partial charge on any atom is 0.142 e. The van der Waals surface area contributed by atoms with Gasteiger partial charge < -0.3 is 4.90 Å². The van der Waals surface area contributed by atoms with E-state index in [1.807, 2.05) is 13.8 Å². The molecule has 0 N–H and O–H groups in total. The highest BCUT2D eigenvalue weighted by Crippen LogP contribution is 2.41. The van der Waals surface area contributed by atoms with E-state index in [1.165, 1.54) is 6.07 Å². The van der Waals surface area contributed by atoms with Crippen molar-refractivity contribution in [3.63, 3.8) is 0 Å². The molecule has 3 rings (SSSR count). The van der Waals surface area contributed by atoms with Crippen LogP contribution in [0, 0.1) is 11.7 Å². The summed E-state index contributed by atoms with van der Waals surface area (Å²) in [5.74, 6) is 1.74.